The third-order valence-corrected chi connectivity index (χ3v) is 8.25. The molecule has 132 valence electrons. The molecule has 0 aromatic heterocycles. The lowest BCUT2D eigenvalue weighted by Gasteiger charge is -2.40. The molecule has 0 bridgehead atoms. The number of hydrogen-bond donors (Lipinski definition) is 0. The van der Waals surface area contributed by atoms with E-state index in [0.717, 1.165) is 50.8 Å². The van der Waals surface area contributed by atoms with Gasteiger partial charge in [-0.25, -0.2) is 17.2 Å². The average Bonchev–Trinajstić information content (AvgIpc) is 2.93. The van der Waals surface area contributed by atoms with Gasteiger partial charge in [-0.2, -0.15) is 0 Å². The van der Waals surface area contributed by atoms with E-state index >= 15 is 0 Å². The maximum absolute atomic E-state index is 13.4. The van der Waals surface area contributed by atoms with Crippen molar-refractivity contribution in [2.75, 3.05) is 24.6 Å². The molecule has 0 N–H and O–H groups in total. The molecular formula is C18H23F2NO2S. The summed E-state index contributed by atoms with van der Waals surface area (Å²) in [6.45, 7) is 1.91. The molecule has 1 aliphatic carbocycles. The molecule has 1 saturated carbocycles. The molecule has 0 atom stereocenters. The summed E-state index contributed by atoms with van der Waals surface area (Å²) in [6.07, 6.45) is 5.06. The second-order valence-corrected chi connectivity index (χ2v) is 10.00. The van der Waals surface area contributed by atoms with E-state index in [4.69, 9.17) is 0 Å². The normalized spacial score (nSPS) is 31.9. The Morgan fingerprint density at radius 2 is 1.75 bits per heavy atom. The molecule has 3 nitrogen and oxygen atoms in total. The van der Waals surface area contributed by atoms with E-state index in [0.29, 0.717) is 23.5 Å². The largest absolute Gasteiger partial charge is 0.300 e. The van der Waals surface area contributed by atoms with Crippen LogP contribution in [0.4, 0.5) is 8.78 Å². The summed E-state index contributed by atoms with van der Waals surface area (Å²) in [4.78, 5) is 2.47. The Morgan fingerprint density at radius 3 is 2.38 bits per heavy atom. The summed E-state index contributed by atoms with van der Waals surface area (Å²) in [7, 11) is -2.77. The van der Waals surface area contributed by atoms with Gasteiger partial charge in [0.2, 0.25) is 0 Å². The summed E-state index contributed by atoms with van der Waals surface area (Å²) < 4.78 is 49.5. The third kappa shape index (κ3) is 2.99. The number of halogens is 2. The monoisotopic (exact) mass is 355 g/mol. The lowest BCUT2D eigenvalue weighted by Crippen LogP contribution is -2.51. The molecule has 0 radical (unpaired) electrons. The molecule has 1 spiro atoms. The summed E-state index contributed by atoms with van der Waals surface area (Å²) in [5, 5.41) is 0. The van der Waals surface area contributed by atoms with Crippen molar-refractivity contribution in [3.05, 3.63) is 35.4 Å². The first-order valence-corrected chi connectivity index (χ1v) is 10.6. The molecule has 2 saturated heterocycles. The van der Waals surface area contributed by atoms with Crippen molar-refractivity contribution in [2.24, 2.45) is 5.41 Å². The van der Waals surface area contributed by atoms with E-state index in [2.05, 4.69) is 4.90 Å². The van der Waals surface area contributed by atoms with Gasteiger partial charge in [0.15, 0.2) is 21.5 Å². The fraction of sp³-hybridized carbons (Fsp3) is 0.667. The molecule has 0 amide bonds. The van der Waals surface area contributed by atoms with Crippen LogP contribution in [0.25, 0.3) is 0 Å². The van der Waals surface area contributed by atoms with Crippen LogP contribution in [0.1, 0.15) is 43.6 Å². The van der Waals surface area contributed by atoms with Crippen molar-refractivity contribution >= 4 is 9.84 Å². The number of nitrogens with zero attached hydrogens (tertiary/aromatic N) is 1. The van der Waals surface area contributed by atoms with E-state index in [-0.39, 0.29) is 5.41 Å². The Balaban J connectivity index is 1.34. The van der Waals surface area contributed by atoms with Gasteiger partial charge in [0.1, 0.15) is 0 Å². The van der Waals surface area contributed by atoms with Crippen LogP contribution in [0, 0.1) is 17.0 Å². The van der Waals surface area contributed by atoms with Crippen LogP contribution in [0.5, 0.6) is 0 Å². The van der Waals surface area contributed by atoms with Gasteiger partial charge in [-0.1, -0.05) is 6.07 Å². The van der Waals surface area contributed by atoms with Gasteiger partial charge in [-0.3, -0.25) is 4.90 Å². The number of likely N-dealkylation sites (tertiary alicyclic amines) is 1. The number of benzene rings is 1. The second kappa shape index (κ2) is 5.77. The van der Waals surface area contributed by atoms with Crippen molar-refractivity contribution in [2.45, 2.75) is 44.1 Å². The smallest absolute Gasteiger partial charge is 0.159 e. The summed E-state index contributed by atoms with van der Waals surface area (Å²) in [6, 6.07) is 4.77. The minimum absolute atomic E-state index is 0.0236. The van der Waals surface area contributed by atoms with Gasteiger partial charge < -0.3 is 0 Å². The quantitative estimate of drug-likeness (QED) is 0.818. The van der Waals surface area contributed by atoms with Crippen molar-refractivity contribution in [1.29, 1.82) is 0 Å². The summed E-state index contributed by atoms with van der Waals surface area (Å²) >= 11 is 0. The minimum atomic E-state index is -2.77. The van der Waals surface area contributed by atoms with Gasteiger partial charge in [0, 0.05) is 18.0 Å². The Kier molecular flexibility index (Phi) is 3.95. The zero-order valence-corrected chi connectivity index (χ0v) is 14.5. The first kappa shape index (κ1) is 16.5. The summed E-state index contributed by atoms with van der Waals surface area (Å²) in [5.74, 6) is -0.522. The van der Waals surface area contributed by atoms with Gasteiger partial charge in [-0.05, 0) is 62.3 Å². The van der Waals surface area contributed by atoms with Crippen LogP contribution in [0.2, 0.25) is 0 Å². The zero-order chi connectivity index (χ0) is 16.9. The Bertz CT molecular complexity index is 729. The standard InChI is InChI=1S/C18H23F2NO2S/c19-16-6-3-14(9-17(16)20)13-1-4-15(5-2-13)21-8-7-18(10-21)11-24(22,23)12-18/h3,6,9,13,15H,1-2,4-5,7-8,10-12H2. The van der Waals surface area contributed by atoms with Crippen LogP contribution in [0.3, 0.4) is 0 Å². The van der Waals surface area contributed by atoms with Crippen LogP contribution >= 0.6 is 0 Å². The molecule has 4 rings (SSSR count). The molecule has 24 heavy (non-hydrogen) atoms. The summed E-state index contributed by atoms with van der Waals surface area (Å²) in [5.41, 5.74) is 0.922. The van der Waals surface area contributed by atoms with Crippen molar-refractivity contribution in [3.8, 4) is 0 Å². The molecule has 3 fully saturated rings. The van der Waals surface area contributed by atoms with Crippen molar-refractivity contribution in [3.63, 3.8) is 0 Å². The molecule has 2 heterocycles. The van der Waals surface area contributed by atoms with Crippen LogP contribution in [0.15, 0.2) is 18.2 Å². The number of sulfone groups is 1. The predicted octanol–water partition coefficient (Wildman–Crippen LogP) is 3.11. The lowest BCUT2D eigenvalue weighted by atomic mass is 9.81. The number of rotatable bonds is 2. The molecule has 1 aromatic carbocycles. The van der Waals surface area contributed by atoms with E-state index in [1.165, 1.54) is 12.1 Å². The van der Waals surface area contributed by atoms with Gasteiger partial charge >= 0.3 is 0 Å². The van der Waals surface area contributed by atoms with E-state index in [1.54, 1.807) is 6.07 Å². The highest BCUT2D eigenvalue weighted by atomic mass is 32.2. The van der Waals surface area contributed by atoms with E-state index in [1.807, 2.05) is 0 Å². The maximum Gasteiger partial charge on any atom is 0.159 e. The zero-order valence-electron chi connectivity index (χ0n) is 13.7. The van der Waals surface area contributed by atoms with Gasteiger partial charge in [0.25, 0.3) is 0 Å². The average molecular weight is 355 g/mol. The highest BCUT2D eigenvalue weighted by Gasteiger charge is 2.52. The first-order chi connectivity index (χ1) is 11.4. The van der Waals surface area contributed by atoms with Gasteiger partial charge in [0.05, 0.1) is 11.5 Å². The predicted molar refractivity (Wildman–Crippen MR) is 88.6 cm³/mol. The molecule has 6 heteroatoms. The van der Waals surface area contributed by atoms with Gasteiger partial charge in [-0.15, -0.1) is 0 Å². The third-order valence-electron chi connectivity index (χ3n) is 6.15. The second-order valence-electron chi connectivity index (χ2n) is 7.93. The van der Waals surface area contributed by atoms with Crippen LogP contribution < -0.4 is 0 Å². The highest BCUT2D eigenvalue weighted by molar-refractivity contribution is 7.92. The fourth-order valence-electron chi connectivity index (χ4n) is 4.95. The number of hydrogen-bond acceptors (Lipinski definition) is 3. The topological polar surface area (TPSA) is 37.4 Å². The lowest BCUT2D eigenvalue weighted by molar-refractivity contribution is 0.164. The molecule has 3 aliphatic rings. The molecule has 1 aromatic rings. The van der Waals surface area contributed by atoms with Crippen LogP contribution in [-0.2, 0) is 9.84 Å². The van der Waals surface area contributed by atoms with E-state index < -0.39 is 21.5 Å². The maximum atomic E-state index is 13.4. The van der Waals surface area contributed by atoms with Crippen molar-refractivity contribution < 1.29 is 17.2 Å². The van der Waals surface area contributed by atoms with Crippen molar-refractivity contribution in [1.82, 2.24) is 4.90 Å². The SMILES string of the molecule is O=S1(=O)CC2(CCN(C3CCC(c4ccc(F)c(F)c4)CC3)C2)C1. The van der Waals surface area contributed by atoms with Crippen LogP contribution in [-0.4, -0.2) is 44.0 Å². The first-order valence-electron chi connectivity index (χ1n) is 8.75. The Labute approximate surface area is 142 Å². The fourth-order valence-corrected chi connectivity index (χ4v) is 7.20. The molecular weight excluding hydrogens is 332 g/mol. The Morgan fingerprint density at radius 1 is 1.04 bits per heavy atom. The molecule has 0 unspecified atom stereocenters. The molecule has 2 aliphatic heterocycles. The highest BCUT2D eigenvalue weighted by Crippen LogP contribution is 2.44. The van der Waals surface area contributed by atoms with E-state index in [9.17, 15) is 17.2 Å². The minimum Gasteiger partial charge on any atom is -0.300 e. The Hall–Kier alpha value is -1.01.